The van der Waals surface area contributed by atoms with Gasteiger partial charge in [-0.15, -0.1) is 0 Å². The average Bonchev–Trinajstić information content (AvgIpc) is 2.69. The molecule has 0 unspecified atom stereocenters. The zero-order chi connectivity index (χ0) is 21.5. The van der Waals surface area contributed by atoms with Gasteiger partial charge in [-0.2, -0.15) is 0 Å². The lowest BCUT2D eigenvalue weighted by Crippen LogP contribution is -2.17. The Morgan fingerprint density at radius 2 is 1.34 bits per heavy atom. The number of anilines is 1. The first-order valence-electron chi connectivity index (χ1n) is 7.94. The van der Waals surface area contributed by atoms with Crippen LogP contribution in [0.2, 0.25) is 10.0 Å². The highest BCUT2D eigenvalue weighted by Crippen LogP contribution is 2.40. The van der Waals surface area contributed by atoms with E-state index in [0.29, 0.717) is 5.56 Å². The van der Waals surface area contributed by atoms with Gasteiger partial charge in [-0.3, -0.25) is 4.72 Å². The molecule has 3 rings (SSSR count). The quantitative estimate of drug-likeness (QED) is 0.279. The molecule has 29 heavy (non-hydrogen) atoms. The summed E-state index contributed by atoms with van der Waals surface area (Å²) in [6.45, 7) is 1.55. The Kier molecular flexibility index (Phi) is 5.80. The molecule has 0 aliphatic carbocycles. The van der Waals surface area contributed by atoms with E-state index < -0.39 is 44.5 Å². The summed E-state index contributed by atoms with van der Waals surface area (Å²) >= 11 is 12.0. The zero-order valence-electron chi connectivity index (χ0n) is 14.5. The van der Waals surface area contributed by atoms with Gasteiger partial charge in [-0.25, -0.2) is 26.0 Å². The molecule has 0 spiro atoms. The maximum Gasteiger partial charge on any atom is 0.262 e. The minimum atomic E-state index is -4.45. The SMILES string of the molecule is Cc1c(Cl)cc(-c2c(F)c(F)c(F)c(F)c2NS(=O)(=O)c2ccccc2)cc1Cl. The predicted molar refractivity (Wildman–Crippen MR) is 104 cm³/mol. The summed E-state index contributed by atoms with van der Waals surface area (Å²) < 4.78 is 83.9. The van der Waals surface area contributed by atoms with Gasteiger partial charge in [-0.05, 0) is 42.3 Å². The Labute approximate surface area is 173 Å². The molecule has 10 heteroatoms. The molecular weight excluding hydrogens is 453 g/mol. The number of hydrogen-bond donors (Lipinski definition) is 1. The van der Waals surface area contributed by atoms with Crippen molar-refractivity contribution in [1.82, 2.24) is 0 Å². The van der Waals surface area contributed by atoms with Crippen LogP contribution in [0.1, 0.15) is 5.56 Å². The first kappa shape index (κ1) is 21.4. The average molecular weight is 464 g/mol. The van der Waals surface area contributed by atoms with Gasteiger partial charge in [-0.1, -0.05) is 41.4 Å². The van der Waals surface area contributed by atoms with Crippen molar-refractivity contribution in [2.45, 2.75) is 11.8 Å². The smallest absolute Gasteiger partial charge is 0.262 e. The van der Waals surface area contributed by atoms with E-state index in [-0.39, 0.29) is 20.5 Å². The van der Waals surface area contributed by atoms with Crippen LogP contribution in [0, 0.1) is 30.2 Å². The second kappa shape index (κ2) is 7.85. The van der Waals surface area contributed by atoms with E-state index in [4.69, 9.17) is 23.2 Å². The summed E-state index contributed by atoms with van der Waals surface area (Å²) in [4.78, 5) is -0.296. The fourth-order valence-corrected chi connectivity index (χ4v) is 4.16. The molecule has 0 aromatic heterocycles. The third kappa shape index (κ3) is 3.92. The summed E-state index contributed by atoms with van der Waals surface area (Å²) in [5, 5.41) is 0.0721. The van der Waals surface area contributed by atoms with Crippen LogP contribution < -0.4 is 4.72 Å². The largest absolute Gasteiger partial charge is 0.276 e. The van der Waals surface area contributed by atoms with E-state index in [1.807, 2.05) is 0 Å². The molecule has 0 saturated carbocycles. The number of nitrogens with one attached hydrogen (secondary N) is 1. The number of sulfonamides is 1. The van der Waals surface area contributed by atoms with Gasteiger partial charge < -0.3 is 0 Å². The minimum Gasteiger partial charge on any atom is -0.276 e. The third-order valence-electron chi connectivity index (χ3n) is 4.13. The van der Waals surface area contributed by atoms with Gasteiger partial charge in [0.05, 0.1) is 10.6 Å². The van der Waals surface area contributed by atoms with Crippen molar-refractivity contribution in [2.24, 2.45) is 0 Å². The van der Waals surface area contributed by atoms with E-state index in [9.17, 15) is 26.0 Å². The summed E-state index contributed by atoms with van der Waals surface area (Å²) in [7, 11) is -4.45. The maximum absolute atomic E-state index is 14.6. The monoisotopic (exact) mass is 463 g/mol. The lowest BCUT2D eigenvalue weighted by Gasteiger charge is -2.17. The van der Waals surface area contributed by atoms with E-state index in [1.165, 1.54) is 24.3 Å². The Morgan fingerprint density at radius 1 is 0.828 bits per heavy atom. The van der Waals surface area contributed by atoms with E-state index in [0.717, 1.165) is 12.1 Å². The van der Waals surface area contributed by atoms with Crippen LogP contribution in [0.15, 0.2) is 47.4 Å². The lowest BCUT2D eigenvalue weighted by molar-refractivity contribution is 0.413. The fraction of sp³-hybridized carbons (Fsp3) is 0.0526. The van der Waals surface area contributed by atoms with Crippen molar-refractivity contribution >= 4 is 38.9 Å². The van der Waals surface area contributed by atoms with Crippen molar-refractivity contribution in [3.05, 3.63) is 81.3 Å². The first-order chi connectivity index (χ1) is 13.5. The molecular formula is C19H11Cl2F4NO2S. The van der Waals surface area contributed by atoms with Crippen LogP contribution in [0.25, 0.3) is 11.1 Å². The van der Waals surface area contributed by atoms with Crippen molar-refractivity contribution < 1.29 is 26.0 Å². The van der Waals surface area contributed by atoms with Gasteiger partial charge >= 0.3 is 0 Å². The highest BCUT2D eigenvalue weighted by atomic mass is 35.5. The molecule has 3 nitrogen and oxygen atoms in total. The molecule has 3 aromatic carbocycles. The highest BCUT2D eigenvalue weighted by molar-refractivity contribution is 7.92. The van der Waals surface area contributed by atoms with E-state index in [2.05, 4.69) is 0 Å². The topological polar surface area (TPSA) is 46.2 Å². The van der Waals surface area contributed by atoms with Crippen molar-refractivity contribution in [3.8, 4) is 11.1 Å². The normalized spacial score (nSPS) is 11.6. The minimum absolute atomic E-state index is 0.0360. The zero-order valence-corrected chi connectivity index (χ0v) is 16.9. The fourth-order valence-electron chi connectivity index (χ4n) is 2.58. The Morgan fingerprint density at radius 3 is 1.90 bits per heavy atom. The lowest BCUT2D eigenvalue weighted by atomic mass is 10.0. The van der Waals surface area contributed by atoms with Gasteiger partial charge in [0.1, 0.15) is 0 Å². The summed E-state index contributed by atoms with van der Waals surface area (Å²) in [6.07, 6.45) is 0. The Hall–Kier alpha value is -2.29. The second-order valence-electron chi connectivity index (χ2n) is 5.99. The number of benzene rings is 3. The number of halogens is 6. The molecule has 0 amide bonds. The van der Waals surface area contributed by atoms with Crippen LogP contribution in [0.5, 0.6) is 0 Å². The highest BCUT2D eigenvalue weighted by Gasteiger charge is 2.29. The number of rotatable bonds is 4. The molecule has 0 atom stereocenters. The molecule has 0 saturated heterocycles. The van der Waals surface area contributed by atoms with Crippen molar-refractivity contribution in [3.63, 3.8) is 0 Å². The van der Waals surface area contributed by atoms with Gasteiger partial charge in [0.2, 0.25) is 0 Å². The van der Waals surface area contributed by atoms with E-state index in [1.54, 1.807) is 17.7 Å². The maximum atomic E-state index is 14.6. The van der Waals surface area contributed by atoms with Gasteiger partial charge in [0, 0.05) is 15.6 Å². The first-order valence-corrected chi connectivity index (χ1v) is 10.2. The molecule has 3 aromatic rings. The third-order valence-corrected chi connectivity index (χ3v) is 6.28. The molecule has 1 N–H and O–H groups in total. The molecule has 152 valence electrons. The van der Waals surface area contributed by atoms with Gasteiger partial charge in [0.15, 0.2) is 23.3 Å². The molecule has 0 aliphatic rings. The van der Waals surface area contributed by atoms with Crippen molar-refractivity contribution in [2.75, 3.05) is 4.72 Å². The van der Waals surface area contributed by atoms with Crippen LogP contribution in [0.3, 0.4) is 0 Å². The molecule has 0 aliphatic heterocycles. The van der Waals surface area contributed by atoms with Crippen LogP contribution in [0.4, 0.5) is 23.2 Å². The van der Waals surface area contributed by atoms with Crippen LogP contribution in [-0.2, 0) is 10.0 Å². The molecule has 0 radical (unpaired) electrons. The Bertz CT molecular complexity index is 1200. The summed E-state index contributed by atoms with van der Waals surface area (Å²) in [5.41, 5.74) is -1.82. The summed E-state index contributed by atoms with van der Waals surface area (Å²) in [6, 6.07) is 9.00. The van der Waals surface area contributed by atoms with E-state index >= 15 is 0 Å². The number of hydrogen-bond acceptors (Lipinski definition) is 2. The molecule has 0 bridgehead atoms. The Balaban J connectivity index is 2.30. The molecule has 0 heterocycles. The standard InChI is InChI=1S/C19H11Cl2F4NO2S/c1-9-12(20)7-10(8-13(9)21)14-15(22)16(23)17(24)18(25)19(14)26-29(27,28)11-5-3-2-4-6-11/h2-8,26H,1H3. The van der Waals surface area contributed by atoms with Crippen LogP contribution in [-0.4, -0.2) is 8.42 Å². The van der Waals surface area contributed by atoms with Crippen LogP contribution >= 0.6 is 23.2 Å². The summed E-state index contributed by atoms with van der Waals surface area (Å²) in [5.74, 6) is -7.98. The van der Waals surface area contributed by atoms with Crippen molar-refractivity contribution in [1.29, 1.82) is 0 Å². The predicted octanol–water partition coefficient (Wildman–Crippen LogP) is 6.33. The van der Waals surface area contributed by atoms with Gasteiger partial charge in [0.25, 0.3) is 10.0 Å². The second-order valence-corrected chi connectivity index (χ2v) is 8.49. The molecule has 0 fully saturated rings.